The number of fused-ring (bicyclic) bond motifs is 5. The van der Waals surface area contributed by atoms with Gasteiger partial charge in [-0.15, -0.1) is 0 Å². The van der Waals surface area contributed by atoms with E-state index in [0.717, 1.165) is 0 Å². The maximum absolute atomic E-state index is 15.0. The summed E-state index contributed by atoms with van der Waals surface area (Å²) in [5.41, 5.74) is -6.77. The average molecular weight is 825 g/mol. The zero-order valence-corrected chi connectivity index (χ0v) is 34.9. The van der Waals surface area contributed by atoms with Gasteiger partial charge >= 0.3 is 0 Å². The Kier molecular flexibility index (Phi) is 11.7. The summed E-state index contributed by atoms with van der Waals surface area (Å²) in [6, 6.07) is 0. The van der Waals surface area contributed by atoms with Gasteiger partial charge in [0.15, 0.2) is 23.9 Å². The lowest BCUT2D eigenvalue weighted by atomic mass is 9.39. The van der Waals surface area contributed by atoms with Crippen LogP contribution in [0.2, 0.25) is 0 Å². The fraction of sp³-hybridized carbons (Fsp3) is 0.833. The van der Waals surface area contributed by atoms with Crippen molar-refractivity contribution in [3.63, 3.8) is 0 Å². The van der Waals surface area contributed by atoms with Crippen molar-refractivity contribution in [1.29, 1.82) is 0 Å². The van der Waals surface area contributed by atoms with Gasteiger partial charge in [-0.2, -0.15) is 0 Å². The lowest BCUT2D eigenvalue weighted by molar-refractivity contribution is -0.360. The van der Waals surface area contributed by atoms with E-state index in [1.165, 1.54) is 19.9 Å². The topological polar surface area (TPSA) is 270 Å². The summed E-state index contributed by atoms with van der Waals surface area (Å²) in [5.74, 6) is -3.67. The molecule has 2 heterocycles. The molecular formula is C42H64O16. The summed E-state index contributed by atoms with van der Waals surface area (Å²) in [6.07, 6.45) is -13.2. The molecule has 2 saturated carbocycles. The molecule has 328 valence electrons. The molecule has 0 spiro atoms. The van der Waals surface area contributed by atoms with Crippen LogP contribution in [0.25, 0.3) is 0 Å². The second-order valence-electron chi connectivity index (χ2n) is 19.9. The van der Waals surface area contributed by atoms with Crippen LogP contribution in [0.5, 0.6) is 0 Å². The van der Waals surface area contributed by atoms with Crippen LogP contribution in [0, 0.1) is 39.4 Å². The third-order valence-corrected chi connectivity index (χ3v) is 15.3. The second-order valence-corrected chi connectivity index (χ2v) is 19.9. The number of allylic oxidation sites excluding steroid dienone is 4. The highest BCUT2D eigenvalue weighted by atomic mass is 16.8. The van der Waals surface area contributed by atoms with Crippen molar-refractivity contribution in [2.45, 2.75) is 173 Å². The van der Waals surface area contributed by atoms with E-state index in [0.29, 0.717) is 12.0 Å². The lowest BCUT2D eigenvalue weighted by Gasteiger charge is -2.63. The number of hydrogen-bond donors (Lipinski definition) is 9. The zero-order chi connectivity index (χ0) is 43.5. The molecule has 0 radical (unpaired) electrons. The second kappa shape index (κ2) is 15.0. The first kappa shape index (κ1) is 45.3. The summed E-state index contributed by atoms with van der Waals surface area (Å²) in [4.78, 5) is 42.9. The summed E-state index contributed by atoms with van der Waals surface area (Å²) >= 11 is 0. The normalized spacial score (nSPS) is 47.6. The Balaban J connectivity index is 1.36. The number of ether oxygens (including phenoxy) is 4. The molecule has 0 aromatic heterocycles. The molecule has 6 aliphatic rings. The van der Waals surface area contributed by atoms with E-state index < -0.39 is 136 Å². The van der Waals surface area contributed by atoms with Crippen molar-refractivity contribution in [1.82, 2.24) is 0 Å². The Bertz CT molecular complexity index is 1700. The van der Waals surface area contributed by atoms with Crippen LogP contribution in [0.1, 0.15) is 94.4 Å². The van der Waals surface area contributed by atoms with Gasteiger partial charge in [0.05, 0.1) is 29.8 Å². The van der Waals surface area contributed by atoms with Crippen molar-refractivity contribution < 1.29 is 79.3 Å². The van der Waals surface area contributed by atoms with Gasteiger partial charge in [0.2, 0.25) is 12.1 Å². The quantitative estimate of drug-likeness (QED) is 0.131. The van der Waals surface area contributed by atoms with Crippen molar-refractivity contribution in [2.75, 3.05) is 6.61 Å². The van der Waals surface area contributed by atoms with Gasteiger partial charge in [-0.05, 0) is 83.6 Å². The fourth-order valence-corrected chi connectivity index (χ4v) is 11.6. The van der Waals surface area contributed by atoms with Crippen LogP contribution in [-0.4, -0.2) is 149 Å². The number of carbonyl (C=O) groups is 3. The molecule has 6 rings (SSSR count). The third kappa shape index (κ3) is 6.87. The number of aliphatic hydroxyl groups excluding tert-OH is 7. The van der Waals surface area contributed by atoms with E-state index in [2.05, 4.69) is 0 Å². The first-order valence-corrected chi connectivity index (χ1v) is 20.4. The molecule has 0 amide bonds. The van der Waals surface area contributed by atoms with Crippen LogP contribution in [0.3, 0.4) is 0 Å². The Morgan fingerprint density at radius 1 is 0.879 bits per heavy atom. The number of rotatable bonds is 10. The zero-order valence-electron chi connectivity index (χ0n) is 34.9. The average Bonchev–Trinajstić information content (AvgIpc) is 3.34. The predicted octanol–water partition coefficient (Wildman–Crippen LogP) is -0.0463. The van der Waals surface area contributed by atoms with Gasteiger partial charge in [0.1, 0.15) is 48.0 Å². The van der Waals surface area contributed by atoms with Crippen LogP contribution in [0.4, 0.5) is 0 Å². The molecule has 16 heteroatoms. The highest BCUT2D eigenvalue weighted by Crippen LogP contribution is 2.74. The number of hydrogen-bond acceptors (Lipinski definition) is 16. The maximum Gasteiger partial charge on any atom is 0.229 e. The number of Topliss-reactive ketones (excluding diaryl/α,β-unsaturated/α-hetero) is 3. The molecule has 9 N–H and O–H groups in total. The smallest absolute Gasteiger partial charge is 0.229 e. The largest absolute Gasteiger partial charge is 0.459 e. The van der Waals surface area contributed by atoms with Gasteiger partial charge in [-0.25, -0.2) is 0 Å². The van der Waals surface area contributed by atoms with Crippen molar-refractivity contribution in [3.05, 3.63) is 23.5 Å². The maximum atomic E-state index is 15.0. The van der Waals surface area contributed by atoms with Crippen molar-refractivity contribution in [3.8, 4) is 0 Å². The SMILES string of the molecule is C[C@H]1O[C@H](O[C@H]2[C@H](OC3=C[C@@H]4C(=CC[C@@H]5[C@@]4(C)C(=O)C[C@]4(C)[C@@H]([C@@](C)(O)C(=O)CCC(C)(C)O)[C@H](O)C[C@@]54C)C(C)(C)C3=O)O[C@H](CO)[C@@H](O)[C@@H]2O)[C@@H](O)[C@@H](O)[C@@H]1O. The molecule has 4 aliphatic carbocycles. The highest BCUT2D eigenvalue weighted by Gasteiger charge is 2.74. The van der Waals surface area contributed by atoms with E-state index in [4.69, 9.17) is 18.9 Å². The monoisotopic (exact) mass is 824 g/mol. The van der Waals surface area contributed by atoms with E-state index in [1.54, 1.807) is 27.7 Å². The van der Waals surface area contributed by atoms with Gasteiger partial charge in [-0.3, -0.25) is 14.4 Å². The molecule has 0 unspecified atom stereocenters. The van der Waals surface area contributed by atoms with E-state index >= 15 is 0 Å². The summed E-state index contributed by atoms with van der Waals surface area (Å²) in [5, 5.41) is 97.4. The number of carbonyl (C=O) groups excluding carboxylic acids is 3. The summed E-state index contributed by atoms with van der Waals surface area (Å²) < 4.78 is 23.6. The number of aliphatic hydroxyl groups is 9. The molecule has 2 saturated heterocycles. The van der Waals surface area contributed by atoms with Crippen LogP contribution >= 0.6 is 0 Å². The molecule has 0 aromatic carbocycles. The molecule has 0 aromatic rings. The minimum atomic E-state index is -2.02. The standard InChI is InChI=1S/C42H64O16/c1-18-27(47)29(49)31(51)35(55-18)58-32-30(50)28(48)23(17-43)57-36(32)56-22-14-20-19(38(4,5)34(22)52)10-11-24-39(6)15-21(44)33(40(39,7)16-26(46)41(20,24)8)42(9,54)25(45)12-13-37(2,3)53/h10,14,18,20-21,23-24,27-33,35-36,43-44,47-51,53-54H,11-13,15-17H2,1-9H3/t18-,20-,21-,23-,24+,27-,28-,29+,30+,31+,32-,33+,35-,36-,39+,40-,41+,42+/m1/s1. The Labute approximate surface area is 338 Å². The van der Waals surface area contributed by atoms with E-state index in [1.807, 2.05) is 26.8 Å². The van der Waals surface area contributed by atoms with Crippen LogP contribution in [-0.2, 0) is 33.3 Å². The van der Waals surface area contributed by atoms with Crippen LogP contribution < -0.4 is 0 Å². The molecule has 58 heavy (non-hydrogen) atoms. The minimum Gasteiger partial charge on any atom is -0.459 e. The molecular weight excluding hydrogens is 760 g/mol. The van der Waals surface area contributed by atoms with Crippen molar-refractivity contribution >= 4 is 17.3 Å². The molecule has 16 nitrogen and oxygen atoms in total. The van der Waals surface area contributed by atoms with Gasteiger partial charge in [0, 0.05) is 30.1 Å². The number of ketones is 3. The minimum absolute atomic E-state index is 0.0953. The molecule has 4 fully saturated rings. The first-order chi connectivity index (χ1) is 26.6. The highest BCUT2D eigenvalue weighted by molar-refractivity contribution is 6.02. The van der Waals surface area contributed by atoms with E-state index in [-0.39, 0.29) is 37.2 Å². The molecule has 18 atom stereocenters. The Hall–Kier alpha value is -2.19. The Morgan fingerprint density at radius 3 is 2.12 bits per heavy atom. The van der Waals surface area contributed by atoms with Gasteiger partial charge in [-0.1, -0.05) is 32.4 Å². The summed E-state index contributed by atoms with van der Waals surface area (Å²) in [7, 11) is 0. The van der Waals surface area contributed by atoms with E-state index in [9.17, 15) is 60.3 Å². The Morgan fingerprint density at radius 2 is 1.52 bits per heavy atom. The molecule has 0 bridgehead atoms. The lowest BCUT2D eigenvalue weighted by Crippen LogP contribution is -2.65. The predicted molar refractivity (Wildman–Crippen MR) is 202 cm³/mol. The first-order valence-electron chi connectivity index (χ1n) is 20.4. The van der Waals surface area contributed by atoms with Crippen molar-refractivity contribution in [2.24, 2.45) is 39.4 Å². The fourth-order valence-electron chi connectivity index (χ4n) is 11.6. The van der Waals surface area contributed by atoms with Gasteiger partial charge in [0.25, 0.3) is 0 Å². The van der Waals surface area contributed by atoms with Crippen LogP contribution in [0.15, 0.2) is 23.5 Å². The molecule has 2 aliphatic heterocycles. The van der Waals surface area contributed by atoms with Gasteiger partial charge < -0.3 is 64.9 Å². The summed E-state index contributed by atoms with van der Waals surface area (Å²) in [6.45, 7) is 14.3. The third-order valence-electron chi connectivity index (χ3n) is 15.3.